The van der Waals surface area contributed by atoms with E-state index in [-0.39, 0.29) is 11.3 Å². The first kappa shape index (κ1) is 18.6. The first-order valence-corrected chi connectivity index (χ1v) is 10.2. The fourth-order valence-electron chi connectivity index (χ4n) is 3.74. The Hall–Kier alpha value is -0.710. The Bertz CT molecular complexity index is 427. The zero-order chi connectivity index (χ0) is 16.9. The Balaban J connectivity index is 1.95. The Kier molecular flexibility index (Phi) is 6.81. The largest absolute Gasteiger partial charge is 0.342 e. The molecular formula is C18H32N2O2S. The Labute approximate surface area is 145 Å². The van der Waals surface area contributed by atoms with Crippen LogP contribution in [0.1, 0.15) is 59.3 Å². The summed E-state index contributed by atoms with van der Waals surface area (Å²) in [4.78, 5) is 28.8. The highest BCUT2D eigenvalue weighted by molar-refractivity contribution is 8.00. The van der Waals surface area contributed by atoms with Gasteiger partial charge in [0, 0.05) is 38.0 Å². The Morgan fingerprint density at radius 1 is 1.30 bits per heavy atom. The number of piperidine rings is 2. The number of hydrogen-bond acceptors (Lipinski definition) is 3. The lowest BCUT2D eigenvalue weighted by Crippen LogP contribution is -2.55. The van der Waals surface area contributed by atoms with Crippen molar-refractivity contribution in [3.05, 3.63) is 0 Å². The molecule has 0 aliphatic carbocycles. The zero-order valence-electron chi connectivity index (χ0n) is 15.0. The van der Waals surface area contributed by atoms with Crippen LogP contribution in [0.25, 0.3) is 0 Å². The summed E-state index contributed by atoms with van der Waals surface area (Å²) in [6, 6.07) is 0. The van der Waals surface area contributed by atoms with Gasteiger partial charge in [-0.2, -0.15) is 0 Å². The van der Waals surface area contributed by atoms with Crippen LogP contribution in [0.3, 0.4) is 0 Å². The van der Waals surface area contributed by atoms with Crippen molar-refractivity contribution in [1.82, 2.24) is 9.80 Å². The first-order chi connectivity index (χ1) is 11.0. The molecule has 1 atom stereocenters. The Morgan fingerprint density at radius 3 is 2.78 bits per heavy atom. The molecule has 2 aliphatic rings. The van der Waals surface area contributed by atoms with Crippen LogP contribution >= 0.6 is 11.8 Å². The normalized spacial score (nSPS) is 25.5. The SMILES string of the molecule is CCCCN1CC2(CCCN(C(=O)CSC(C)C)C2)CCC1=O. The maximum Gasteiger partial charge on any atom is 0.232 e. The van der Waals surface area contributed by atoms with Gasteiger partial charge in [-0.1, -0.05) is 27.2 Å². The van der Waals surface area contributed by atoms with Crippen molar-refractivity contribution < 1.29 is 9.59 Å². The van der Waals surface area contributed by atoms with Crippen molar-refractivity contribution in [2.75, 3.05) is 31.9 Å². The number of nitrogens with zero attached hydrogens (tertiary/aromatic N) is 2. The molecule has 2 fully saturated rings. The van der Waals surface area contributed by atoms with Gasteiger partial charge in [0.15, 0.2) is 0 Å². The summed E-state index contributed by atoms with van der Waals surface area (Å²) >= 11 is 1.72. The van der Waals surface area contributed by atoms with Gasteiger partial charge in [-0.25, -0.2) is 0 Å². The molecule has 2 heterocycles. The monoisotopic (exact) mass is 340 g/mol. The highest BCUT2D eigenvalue weighted by atomic mass is 32.2. The van der Waals surface area contributed by atoms with E-state index in [1.807, 2.05) is 0 Å². The number of likely N-dealkylation sites (tertiary alicyclic amines) is 2. The van der Waals surface area contributed by atoms with E-state index < -0.39 is 0 Å². The molecule has 0 bridgehead atoms. The van der Waals surface area contributed by atoms with E-state index in [0.717, 1.165) is 58.3 Å². The van der Waals surface area contributed by atoms with Gasteiger partial charge in [0.25, 0.3) is 0 Å². The third kappa shape index (κ3) is 5.13. The quantitative estimate of drug-likeness (QED) is 0.746. The molecule has 4 nitrogen and oxygen atoms in total. The molecule has 2 rings (SSSR count). The van der Waals surface area contributed by atoms with E-state index in [4.69, 9.17) is 0 Å². The van der Waals surface area contributed by atoms with Crippen molar-refractivity contribution in [2.24, 2.45) is 5.41 Å². The van der Waals surface area contributed by atoms with Crippen LogP contribution in [0.5, 0.6) is 0 Å². The van der Waals surface area contributed by atoms with Crippen LogP contribution in [0.2, 0.25) is 0 Å². The number of rotatable bonds is 6. The Morgan fingerprint density at radius 2 is 2.09 bits per heavy atom. The second-order valence-electron chi connectivity index (χ2n) is 7.45. The van der Waals surface area contributed by atoms with E-state index >= 15 is 0 Å². The molecule has 5 heteroatoms. The molecule has 132 valence electrons. The second kappa shape index (κ2) is 8.41. The van der Waals surface area contributed by atoms with Crippen molar-refractivity contribution in [3.63, 3.8) is 0 Å². The van der Waals surface area contributed by atoms with Crippen LogP contribution in [0.4, 0.5) is 0 Å². The van der Waals surface area contributed by atoms with Crippen LogP contribution in [-0.2, 0) is 9.59 Å². The third-order valence-corrected chi connectivity index (χ3v) is 6.16. The van der Waals surface area contributed by atoms with E-state index in [1.165, 1.54) is 0 Å². The van der Waals surface area contributed by atoms with E-state index in [2.05, 4.69) is 30.6 Å². The molecular weight excluding hydrogens is 308 g/mol. The molecule has 1 spiro atoms. The van der Waals surface area contributed by atoms with Crippen molar-refractivity contribution in [2.45, 2.75) is 64.5 Å². The van der Waals surface area contributed by atoms with Gasteiger partial charge in [0.05, 0.1) is 5.75 Å². The van der Waals surface area contributed by atoms with Gasteiger partial charge in [-0.15, -0.1) is 11.8 Å². The van der Waals surface area contributed by atoms with Crippen molar-refractivity contribution in [3.8, 4) is 0 Å². The molecule has 0 saturated carbocycles. The smallest absolute Gasteiger partial charge is 0.232 e. The molecule has 0 aromatic heterocycles. The molecule has 23 heavy (non-hydrogen) atoms. The van der Waals surface area contributed by atoms with Gasteiger partial charge in [0.1, 0.15) is 0 Å². The minimum absolute atomic E-state index is 0.151. The average molecular weight is 341 g/mol. The van der Waals surface area contributed by atoms with Gasteiger partial charge in [0.2, 0.25) is 11.8 Å². The van der Waals surface area contributed by atoms with Gasteiger partial charge in [-0.3, -0.25) is 9.59 Å². The van der Waals surface area contributed by atoms with Crippen LogP contribution in [0, 0.1) is 5.41 Å². The van der Waals surface area contributed by atoms with Crippen LogP contribution in [-0.4, -0.2) is 58.8 Å². The lowest BCUT2D eigenvalue weighted by Gasteiger charge is -2.48. The third-order valence-electron chi connectivity index (χ3n) is 5.08. The maximum atomic E-state index is 12.5. The van der Waals surface area contributed by atoms with E-state index in [9.17, 15) is 9.59 Å². The summed E-state index contributed by atoms with van der Waals surface area (Å²) in [7, 11) is 0. The highest BCUT2D eigenvalue weighted by Gasteiger charge is 2.42. The number of carbonyl (C=O) groups is 2. The van der Waals surface area contributed by atoms with Crippen molar-refractivity contribution in [1.29, 1.82) is 0 Å². The number of unbranched alkanes of at least 4 members (excludes halogenated alkanes) is 1. The fraction of sp³-hybridized carbons (Fsp3) is 0.889. The van der Waals surface area contributed by atoms with Gasteiger partial charge >= 0.3 is 0 Å². The maximum absolute atomic E-state index is 12.5. The minimum atomic E-state index is 0.151. The standard InChI is InChI=1S/C18H32N2O2S/c1-4-5-10-19-13-18(9-7-16(19)21)8-6-11-20(14-18)17(22)12-23-15(2)3/h15H,4-14H2,1-3H3. The summed E-state index contributed by atoms with van der Waals surface area (Å²) in [6.45, 7) is 9.91. The first-order valence-electron chi connectivity index (χ1n) is 9.13. The second-order valence-corrected chi connectivity index (χ2v) is 9.01. The predicted molar refractivity (Wildman–Crippen MR) is 96.6 cm³/mol. The van der Waals surface area contributed by atoms with E-state index in [1.54, 1.807) is 11.8 Å². The summed E-state index contributed by atoms with van der Waals surface area (Å²) in [6.07, 6.45) is 6.04. The molecule has 1 unspecified atom stereocenters. The number of carbonyl (C=O) groups excluding carboxylic acids is 2. The highest BCUT2D eigenvalue weighted by Crippen LogP contribution is 2.39. The number of thioether (sulfide) groups is 1. The molecule has 0 aromatic carbocycles. The van der Waals surface area contributed by atoms with Crippen LogP contribution < -0.4 is 0 Å². The molecule has 0 radical (unpaired) electrons. The predicted octanol–water partition coefficient (Wildman–Crippen LogP) is 3.16. The zero-order valence-corrected chi connectivity index (χ0v) is 15.8. The van der Waals surface area contributed by atoms with Gasteiger partial charge < -0.3 is 9.80 Å². The summed E-state index contributed by atoms with van der Waals surface area (Å²) < 4.78 is 0. The topological polar surface area (TPSA) is 40.6 Å². The lowest BCUT2D eigenvalue weighted by atomic mass is 9.73. The molecule has 2 amide bonds. The number of amides is 2. The molecule has 2 saturated heterocycles. The molecule has 2 aliphatic heterocycles. The lowest BCUT2D eigenvalue weighted by molar-refractivity contribution is -0.142. The minimum Gasteiger partial charge on any atom is -0.342 e. The average Bonchev–Trinajstić information content (AvgIpc) is 2.54. The fourth-order valence-corrected chi connectivity index (χ4v) is 4.40. The summed E-state index contributed by atoms with van der Waals surface area (Å²) in [5.41, 5.74) is 0.151. The summed E-state index contributed by atoms with van der Waals surface area (Å²) in [5.74, 6) is 1.18. The summed E-state index contributed by atoms with van der Waals surface area (Å²) in [5, 5.41) is 0.495. The van der Waals surface area contributed by atoms with Gasteiger partial charge in [-0.05, 0) is 30.9 Å². The van der Waals surface area contributed by atoms with Crippen LogP contribution in [0.15, 0.2) is 0 Å². The van der Waals surface area contributed by atoms with Crippen molar-refractivity contribution >= 4 is 23.6 Å². The molecule has 0 N–H and O–H groups in total. The van der Waals surface area contributed by atoms with E-state index in [0.29, 0.717) is 23.3 Å². The molecule has 0 aromatic rings. The number of hydrogen-bond donors (Lipinski definition) is 0.